The standard InChI is InChI=1S/C18H14O4/c1-21-17-5-3-11-8-14-12(7-13(11)15(17)9-19)4-6-18(22-2)16(14)10-20/h3-10H,1-2H3. The zero-order valence-electron chi connectivity index (χ0n) is 12.3. The van der Waals surface area contributed by atoms with E-state index in [1.54, 1.807) is 12.1 Å². The van der Waals surface area contributed by atoms with Crippen LogP contribution in [0.2, 0.25) is 0 Å². The molecule has 22 heavy (non-hydrogen) atoms. The predicted molar refractivity (Wildman–Crippen MR) is 85.3 cm³/mol. The first-order valence-corrected chi connectivity index (χ1v) is 6.75. The Morgan fingerprint density at radius 3 is 1.45 bits per heavy atom. The van der Waals surface area contributed by atoms with Crippen LogP contribution in [0, 0.1) is 0 Å². The van der Waals surface area contributed by atoms with Crippen LogP contribution in [-0.4, -0.2) is 26.8 Å². The van der Waals surface area contributed by atoms with Crippen molar-refractivity contribution in [3.63, 3.8) is 0 Å². The Bertz CT molecular complexity index is 821. The van der Waals surface area contributed by atoms with E-state index >= 15 is 0 Å². The second-order valence-electron chi connectivity index (χ2n) is 4.89. The van der Waals surface area contributed by atoms with E-state index in [2.05, 4.69) is 0 Å². The van der Waals surface area contributed by atoms with E-state index in [1.165, 1.54) is 14.2 Å². The van der Waals surface area contributed by atoms with Crippen LogP contribution in [0.15, 0.2) is 36.4 Å². The molecule has 0 fully saturated rings. The summed E-state index contributed by atoms with van der Waals surface area (Å²) in [6.45, 7) is 0. The average molecular weight is 294 g/mol. The van der Waals surface area contributed by atoms with E-state index in [0.29, 0.717) is 22.6 Å². The van der Waals surface area contributed by atoms with Crippen molar-refractivity contribution in [2.75, 3.05) is 14.2 Å². The minimum absolute atomic E-state index is 0.505. The number of fused-ring (bicyclic) bond motifs is 2. The molecule has 0 saturated carbocycles. The number of hydrogen-bond acceptors (Lipinski definition) is 4. The summed E-state index contributed by atoms with van der Waals surface area (Å²) < 4.78 is 10.5. The molecule has 0 aliphatic carbocycles. The number of benzene rings is 3. The Labute approximate surface area is 127 Å². The van der Waals surface area contributed by atoms with Gasteiger partial charge in [0.15, 0.2) is 12.6 Å². The van der Waals surface area contributed by atoms with Gasteiger partial charge in [0.2, 0.25) is 0 Å². The molecular weight excluding hydrogens is 280 g/mol. The van der Waals surface area contributed by atoms with Gasteiger partial charge in [0.25, 0.3) is 0 Å². The first-order valence-electron chi connectivity index (χ1n) is 6.75. The number of hydrogen-bond donors (Lipinski definition) is 0. The highest BCUT2D eigenvalue weighted by Gasteiger charge is 2.12. The number of ether oxygens (including phenoxy) is 2. The summed E-state index contributed by atoms with van der Waals surface area (Å²) >= 11 is 0. The van der Waals surface area contributed by atoms with Gasteiger partial charge in [0, 0.05) is 0 Å². The van der Waals surface area contributed by atoms with Crippen molar-refractivity contribution in [2.45, 2.75) is 0 Å². The molecule has 3 aromatic rings. The summed E-state index contributed by atoms with van der Waals surface area (Å²) in [7, 11) is 3.06. The molecule has 0 bridgehead atoms. The fourth-order valence-corrected chi connectivity index (χ4v) is 2.75. The maximum absolute atomic E-state index is 11.4. The minimum Gasteiger partial charge on any atom is -0.496 e. The molecule has 0 aromatic heterocycles. The van der Waals surface area contributed by atoms with Gasteiger partial charge in [0.1, 0.15) is 11.5 Å². The zero-order valence-corrected chi connectivity index (χ0v) is 12.3. The molecule has 0 unspecified atom stereocenters. The van der Waals surface area contributed by atoms with Crippen LogP contribution in [0.1, 0.15) is 20.7 Å². The highest BCUT2D eigenvalue weighted by molar-refractivity contribution is 6.11. The van der Waals surface area contributed by atoms with Crippen molar-refractivity contribution in [3.8, 4) is 11.5 Å². The smallest absolute Gasteiger partial charge is 0.154 e. The number of aldehydes is 2. The maximum Gasteiger partial charge on any atom is 0.154 e. The van der Waals surface area contributed by atoms with Crippen molar-refractivity contribution < 1.29 is 19.1 Å². The Hall–Kier alpha value is -2.88. The van der Waals surface area contributed by atoms with Crippen molar-refractivity contribution in [1.29, 1.82) is 0 Å². The van der Waals surface area contributed by atoms with E-state index in [-0.39, 0.29) is 0 Å². The van der Waals surface area contributed by atoms with Crippen molar-refractivity contribution >= 4 is 34.1 Å². The second-order valence-corrected chi connectivity index (χ2v) is 4.89. The van der Waals surface area contributed by atoms with E-state index in [9.17, 15) is 9.59 Å². The fraction of sp³-hybridized carbons (Fsp3) is 0.111. The molecule has 0 atom stereocenters. The second kappa shape index (κ2) is 5.48. The number of carbonyl (C=O) groups excluding carboxylic acids is 2. The van der Waals surface area contributed by atoms with Gasteiger partial charge >= 0.3 is 0 Å². The van der Waals surface area contributed by atoms with Crippen molar-refractivity contribution in [3.05, 3.63) is 47.5 Å². The first kappa shape index (κ1) is 14.1. The molecule has 4 nitrogen and oxygen atoms in total. The first-order chi connectivity index (χ1) is 10.7. The molecule has 0 heterocycles. The number of rotatable bonds is 4. The Morgan fingerprint density at radius 2 is 1.14 bits per heavy atom. The SMILES string of the molecule is COc1ccc2cc3c(C=O)c(OC)ccc3cc2c1C=O. The van der Waals surface area contributed by atoms with E-state index < -0.39 is 0 Å². The zero-order chi connectivity index (χ0) is 15.7. The Kier molecular flexibility index (Phi) is 3.51. The van der Waals surface area contributed by atoms with Crippen molar-refractivity contribution in [2.24, 2.45) is 0 Å². The molecule has 0 aliphatic rings. The van der Waals surface area contributed by atoms with E-state index in [4.69, 9.17) is 9.47 Å². The maximum atomic E-state index is 11.4. The topological polar surface area (TPSA) is 52.6 Å². The van der Waals surface area contributed by atoms with Crippen molar-refractivity contribution in [1.82, 2.24) is 0 Å². The normalized spacial score (nSPS) is 10.6. The summed E-state index contributed by atoms with van der Waals surface area (Å²) in [4.78, 5) is 22.8. The lowest BCUT2D eigenvalue weighted by atomic mass is 9.97. The minimum atomic E-state index is 0.505. The van der Waals surface area contributed by atoms with Gasteiger partial charge in [-0.1, -0.05) is 12.1 Å². The van der Waals surface area contributed by atoms with Gasteiger partial charge in [-0.15, -0.1) is 0 Å². The Morgan fingerprint density at radius 1 is 0.727 bits per heavy atom. The highest BCUT2D eigenvalue weighted by atomic mass is 16.5. The molecule has 110 valence electrons. The van der Waals surface area contributed by atoms with Crippen LogP contribution in [0.25, 0.3) is 21.5 Å². The number of methoxy groups -OCH3 is 2. The summed E-state index contributed by atoms with van der Waals surface area (Å²) in [5, 5.41) is 3.33. The summed E-state index contributed by atoms with van der Waals surface area (Å²) in [6.07, 6.45) is 1.58. The monoisotopic (exact) mass is 294 g/mol. The molecular formula is C18H14O4. The van der Waals surface area contributed by atoms with Crippen LogP contribution >= 0.6 is 0 Å². The molecule has 0 aliphatic heterocycles. The molecule has 3 rings (SSSR count). The average Bonchev–Trinajstić information content (AvgIpc) is 2.57. The quantitative estimate of drug-likeness (QED) is 0.544. The fourth-order valence-electron chi connectivity index (χ4n) is 2.75. The van der Waals surface area contributed by atoms with Gasteiger partial charge in [-0.3, -0.25) is 9.59 Å². The van der Waals surface area contributed by atoms with E-state index in [0.717, 1.165) is 34.1 Å². The number of carbonyl (C=O) groups is 2. The largest absolute Gasteiger partial charge is 0.496 e. The van der Waals surface area contributed by atoms with Gasteiger partial charge in [-0.05, 0) is 45.8 Å². The lowest BCUT2D eigenvalue weighted by molar-refractivity contribution is 0.111. The lowest BCUT2D eigenvalue weighted by Gasteiger charge is -2.11. The van der Waals surface area contributed by atoms with E-state index in [1.807, 2.05) is 24.3 Å². The molecule has 0 N–H and O–H groups in total. The highest BCUT2D eigenvalue weighted by Crippen LogP contribution is 2.33. The Balaban J connectivity index is 2.44. The molecule has 0 spiro atoms. The van der Waals surface area contributed by atoms with Gasteiger partial charge in [-0.25, -0.2) is 0 Å². The third kappa shape index (κ3) is 2.00. The summed E-state index contributed by atoms with van der Waals surface area (Å²) in [6, 6.07) is 11.0. The summed E-state index contributed by atoms with van der Waals surface area (Å²) in [5.74, 6) is 1.07. The predicted octanol–water partition coefficient (Wildman–Crippen LogP) is 3.64. The lowest BCUT2D eigenvalue weighted by Crippen LogP contribution is -1.94. The van der Waals surface area contributed by atoms with Gasteiger partial charge in [0.05, 0.1) is 25.3 Å². The van der Waals surface area contributed by atoms with Crippen LogP contribution in [0.5, 0.6) is 11.5 Å². The molecule has 4 heteroatoms. The van der Waals surface area contributed by atoms with Crippen LogP contribution in [-0.2, 0) is 0 Å². The third-order valence-corrected chi connectivity index (χ3v) is 3.84. The molecule has 0 saturated heterocycles. The summed E-state index contributed by atoms with van der Waals surface area (Å²) in [5.41, 5.74) is 1.01. The van der Waals surface area contributed by atoms with Gasteiger partial charge < -0.3 is 9.47 Å². The van der Waals surface area contributed by atoms with Crippen LogP contribution in [0.4, 0.5) is 0 Å². The van der Waals surface area contributed by atoms with Crippen LogP contribution < -0.4 is 9.47 Å². The molecule has 3 aromatic carbocycles. The third-order valence-electron chi connectivity index (χ3n) is 3.84. The molecule has 0 radical (unpaired) electrons. The molecule has 0 amide bonds. The van der Waals surface area contributed by atoms with Crippen LogP contribution in [0.3, 0.4) is 0 Å². The van der Waals surface area contributed by atoms with Gasteiger partial charge in [-0.2, -0.15) is 0 Å².